The van der Waals surface area contributed by atoms with E-state index in [1.807, 2.05) is 0 Å². The van der Waals surface area contributed by atoms with Gasteiger partial charge in [0.2, 0.25) is 0 Å². The molecular weight excluding hydrogens is 312 g/mol. The van der Waals surface area contributed by atoms with Crippen molar-refractivity contribution in [1.82, 2.24) is 4.98 Å². The number of rotatable bonds is 5. The smallest absolute Gasteiger partial charge is 0.413 e. The lowest BCUT2D eigenvalue weighted by Crippen LogP contribution is -2.27. The van der Waals surface area contributed by atoms with Crippen molar-refractivity contribution >= 4 is 40.1 Å². The van der Waals surface area contributed by atoms with Gasteiger partial charge in [-0.2, -0.15) is 0 Å². The fourth-order valence-corrected chi connectivity index (χ4v) is 2.03. The zero-order valence-corrected chi connectivity index (χ0v) is 13.1. The highest BCUT2D eigenvalue weighted by molar-refractivity contribution is 7.14. The van der Waals surface area contributed by atoms with Crippen molar-refractivity contribution in [3.05, 3.63) is 17.2 Å². The standard InChI is InChI=1S/C13H16N2O6S/c1-13(2,3)21-12(20)15-11-14-8(6-22-11)7(10(18)19)4-5-9(16)17/h4,6H,5H2,1-3H3,(H,16,17)(H,18,19)(H,14,15,20). The number of thiazole rings is 1. The van der Waals surface area contributed by atoms with Crippen LogP contribution in [0.2, 0.25) is 0 Å². The van der Waals surface area contributed by atoms with Crippen LogP contribution < -0.4 is 5.32 Å². The summed E-state index contributed by atoms with van der Waals surface area (Å²) in [5.74, 6) is -2.45. The second-order valence-corrected chi connectivity index (χ2v) is 6.04. The number of carbonyl (C=O) groups excluding carboxylic acids is 1. The van der Waals surface area contributed by atoms with Gasteiger partial charge in [-0.3, -0.25) is 10.1 Å². The van der Waals surface area contributed by atoms with Crippen molar-refractivity contribution in [1.29, 1.82) is 0 Å². The average Bonchev–Trinajstić information content (AvgIpc) is 2.73. The van der Waals surface area contributed by atoms with Gasteiger partial charge >= 0.3 is 18.0 Å². The molecule has 0 saturated heterocycles. The molecule has 120 valence electrons. The zero-order valence-electron chi connectivity index (χ0n) is 12.2. The maximum absolute atomic E-state index is 11.6. The van der Waals surface area contributed by atoms with Gasteiger partial charge in [-0.15, -0.1) is 11.3 Å². The van der Waals surface area contributed by atoms with E-state index < -0.39 is 30.1 Å². The molecule has 3 N–H and O–H groups in total. The van der Waals surface area contributed by atoms with Crippen molar-refractivity contribution in [2.45, 2.75) is 32.8 Å². The van der Waals surface area contributed by atoms with E-state index in [0.717, 1.165) is 17.4 Å². The Kier molecular flexibility index (Phi) is 5.63. The van der Waals surface area contributed by atoms with Crippen molar-refractivity contribution in [3.8, 4) is 0 Å². The molecule has 0 aliphatic carbocycles. The van der Waals surface area contributed by atoms with Crippen LogP contribution >= 0.6 is 11.3 Å². The SMILES string of the molecule is CC(C)(C)OC(=O)Nc1nc(C(=CCC(=O)O)C(=O)O)cs1. The van der Waals surface area contributed by atoms with E-state index >= 15 is 0 Å². The Morgan fingerprint density at radius 1 is 1.36 bits per heavy atom. The summed E-state index contributed by atoms with van der Waals surface area (Å²) < 4.78 is 5.05. The third-order valence-electron chi connectivity index (χ3n) is 2.10. The number of carbonyl (C=O) groups is 3. The summed E-state index contributed by atoms with van der Waals surface area (Å²) >= 11 is 1.01. The summed E-state index contributed by atoms with van der Waals surface area (Å²) in [7, 11) is 0. The third kappa shape index (κ3) is 5.92. The number of aliphatic carboxylic acids is 2. The summed E-state index contributed by atoms with van der Waals surface area (Å²) in [5.41, 5.74) is -0.835. The first-order valence-electron chi connectivity index (χ1n) is 6.19. The lowest BCUT2D eigenvalue weighted by atomic mass is 10.1. The Balaban J connectivity index is 2.85. The highest BCUT2D eigenvalue weighted by Gasteiger charge is 2.19. The van der Waals surface area contributed by atoms with Gasteiger partial charge < -0.3 is 14.9 Å². The number of anilines is 1. The van der Waals surface area contributed by atoms with Crippen molar-refractivity contribution in [3.63, 3.8) is 0 Å². The van der Waals surface area contributed by atoms with Gasteiger partial charge in [-0.1, -0.05) is 6.08 Å². The fourth-order valence-electron chi connectivity index (χ4n) is 1.34. The third-order valence-corrected chi connectivity index (χ3v) is 2.86. The first kappa shape index (κ1) is 17.6. The molecule has 0 atom stereocenters. The predicted molar refractivity (Wildman–Crippen MR) is 79.8 cm³/mol. The minimum Gasteiger partial charge on any atom is -0.481 e. The predicted octanol–water partition coefficient (Wildman–Crippen LogP) is 2.43. The van der Waals surface area contributed by atoms with E-state index in [1.54, 1.807) is 20.8 Å². The van der Waals surface area contributed by atoms with Crippen molar-refractivity contribution in [2.24, 2.45) is 0 Å². The number of nitrogens with one attached hydrogen (secondary N) is 1. The second kappa shape index (κ2) is 7.03. The van der Waals surface area contributed by atoms with Gasteiger partial charge in [-0.05, 0) is 20.8 Å². The van der Waals surface area contributed by atoms with Crippen LogP contribution in [0.3, 0.4) is 0 Å². The van der Waals surface area contributed by atoms with Crippen LogP contribution in [-0.4, -0.2) is 38.8 Å². The Hall–Kier alpha value is -2.42. The number of aromatic nitrogens is 1. The molecule has 1 rings (SSSR count). The van der Waals surface area contributed by atoms with E-state index in [1.165, 1.54) is 5.38 Å². The van der Waals surface area contributed by atoms with Crippen LogP contribution in [0.1, 0.15) is 32.9 Å². The molecule has 9 heteroatoms. The van der Waals surface area contributed by atoms with Gasteiger partial charge in [0.25, 0.3) is 0 Å². The number of carboxylic acid groups (broad SMARTS) is 2. The number of hydrogen-bond acceptors (Lipinski definition) is 6. The quantitative estimate of drug-likeness (QED) is 0.708. The van der Waals surface area contributed by atoms with E-state index in [-0.39, 0.29) is 16.4 Å². The number of hydrogen-bond donors (Lipinski definition) is 3. The van der Waals surface area contributed by atoms with Gasteiger partial charge in [0.05, 0.1) is 17.7 Å². The lowest BCUT2D eigenvalue weighted by Gasteiger charge is -2.18. The maximum Gasteiger partial charge on any atom is 0.413 e. The summed E-state index contributed by atoms with van der Waals surface area (Å²) in [4.78, 5) is 37.2. The highest BCUT2D eigenvalue weighted by Crippen LogP contribution is 2.23. The monoisotopic (exact) mass is 328 g/mol. The molecule has 0 aromatic carbocycles. The molecule has 0 unspecified atom stereocenters. The molecule has 1 heterocycles. The maximum atomic E-state index is 11.6. The minimum absolute atomic E-state index is 0.0739. The Bertz CT molecular complexity index is 614. The molecule has 0 aliphatic heterocycles. The van der Waals surface area contributed by atoms with E-state index in [2.05, 4.69) is 10.3 Å². The highest BCUT2D eigenvalue weighted by atomic mass is 32.1. The zero-order chi connectivity index (χ0) is 16.9. The molecular formula is C13H16N2O6S. The van der Waals surface area contributed by atoms with Gasteiger partial charge in [0.15, 0.2) is 5.13 Å². The van der Waals surface area contributed by atoms with Crippen LogP contribution in [0.4, 0.5) is 9.93 Å². The van der Waals surface area contributed by atoms with Crippen molar-refractivity contribution in [2.75, 3.05) is 5.32 Å². The number of ether oxygens (including phenoxy) is 1. The molecule has 22 heavy (non-hydrogen) atoms. The molecule has 1 amide bonds. The molecule has 8 nitrogen and oxygen atoms in total. The Labute approximate surface area is 130 Å². The van der Waals surface area contributed by atoms with Gasteiger partial charge in [-0.25, -0.2) is 14.6 Å². The summed E-state index contributed by atoms with van der Waals surface area (Å²) in [6.07, 6.45) is -0.0925. The first-order valence-corrected chi connectivity index (χ1v) is 7.07. The largest absolute Gasteiger partial charge is 0.481 e. The molecule has 0 radical (unpaired) electrons. The van der Waals surface area contributed by atoms with E-state index in [4.69, 9.17) is 14.9 Å². The normalized spacial score (nSPS) is 11.9. The number of amides is 1. The van der Waals surface area contributed by atoms with Gasteiger partial charge in [0, 0.05) is 5.38 Å². The van der Waals surface area contributed by atoms with E-state index in [0.29, 0.717) is 0 Å². The molecule has 0 spiro atoms. The minimum atomic E-state index is -1.30. The molecule has 0 saturated carbocycles. The molecule has 0 bridgehead atoms. The summed E-state index contributed by atoms with van der Waals surface area (Å²) in [5, 5.41) is 21.6. The molecule has 0 aliphatic rings. The first-order chi connectivity index (χ1) is 10.1. The van der Waals surface area contributed by atoms with Crippen LogP contribution in [0, 0.1) is 0 Å². The molecule has 1 aromatic heterocycles. The summed E-state index contributed by atoms with van der Waals surface area (Å²) in [6, 6.07) is 0. The molecule has 1 aromatic rings. The summed E-state index contributed by atoms with van der Waals surface area (Å²) in [6.45, 7) is 5.12. The van der Waals surface area contributed by atoms with Crippen LogP contribution in [0.25, 0.3) is 5.57 Å². The Morgan fingerprint density at radius 3 is 2.50 bits per heavy atom. The fraction of sp³-hybridized carbons (Fsp3) is 0.385. The van der Waals surface area contributed by atoms with Crippen LogP contribution in [-0.2, 0) is 14.3 Å². The van der Waals surface area contributed by atoms with Crippen LogP contribution in [0.5, 0.6) is 0 Å². The Morgan fingerprint density at radius 2 is 2.00 bits per heavy atom. The van der Waals surface area contributed by atoms with Crippen molar-refractivity contribution < 1.29 is 29.3 Å². The number of nitrogens with zero attached hydrogens (tertiary/aromatic N) is 1. The second-order valence-electron chi connectivity index (χ2n) is 5.19. The molecule has 0 fully saturated rings. The average molecular weight is 328 g/mol. The number of carboxylic acids is 2. The lowest BCUT2D eigenvalue weighted by molar-refractivity contribution is -0.136. The topological polar surface area (TPSA) is 126 Å². The van der Waals surface area contributed by atoms with Gasteiger partial charge in [0.1, 0.15) is 5.60 Å². The van der Waals surface area contributed by atoms with E-state index in [9.17, 15) is 14.4 Å². The van der Waals surface area contributed by atoms with Crippen LogP contribution in [0.15, 0.2) is 11.5 Å².